The molecule has 2 heterocycles. The number of para-hydroxylation sites is 1. The minimum atomic E-state index is -0.616. The number of benzene rings is 1. The fraction of sp³-hybridized carbons (Fsp3) is 0.400. The lowest BCUT2D eigenvalue weighted by molar-refractivity contribution is 0.0741. The average molecular weight is 355 g/mol. The Balaban J connectivity index is 1.82. The van der Waals surface area contributed by atoms with Crippen molar-refractivity contribution in [2.45, 2.75) is 39.5 Å². The van der Waals surface area contributed by atoms with Gasteiger partial charge in [0.25, 0.3) is 5.91 Å². The lowest BCUT2D eigenvalue weighted by Gasteiger charge is -2.21. The molecule has 1 atom stereocenters. The molecule has 0 spiro atoms. The van der Waals surface area contributed by atoms with Gasteiger partial charge in [-0.1, -0.05) is 18.7 Å². The molecule has 0 radical (unpaired) electrons. The molecule has 1 unspecified atom stereocenters. The number of hydrogen-bond donors (Lipinski definition) is 1. The van der Waals surface area contributed by atoms with E-state index in [1.165, 1.54) is 0 Å². The van der Waals surface area contributed by atoms with Crippen molar-refractivity contribution in [2.75, 3.05) is 13.2 Å². The second-order valence-corrected chi connectivity index (χ2v) is 6.78. The third-order valence-electron chi connectivity index (χ3n) is 4.34. The molecule has 6 heteroatoms. The Morgan fingerprint density at radius 3 is 2.88 bits per heavy atom. The second-order valence-electron chi connectivity index (χ2n) is 6.78. The van der Waals surface area contributed by atoms with Gasteiger partial charge in [0, 0.05) is 13.1 Å². The van der Waals surface area contributed by atoms with Crippen LogP contribution in [0.3, 0.4) is 0 Å². The van der Waals surface area contributed by atoms with Gasteiger partial charge in [0.05, 0.1) is 29.6 Å². The number of ether oxygens (including phenoxy) is 1. The first-order chi connectivity index (χ1) is 12.5. The molecule has 1 aliphatic rings. The molecule has 1 aromatic carbocycles. The number of aliphatic hydroxyl groups is 1. The highest BCUT2D eigenvalue weighted by Gasteiger charge is 2.24. The predicted octanol–water partition coefficient (Wildman–Crippen LogP) is 2.94. The summed E-state index contributed by atoms with van der Waals surface area (Å²) in [7, 11) is 0. The maximum atomic E-state index is 13.1. The number of fused-ring (bicyclic) bond motifs is 1. The van der Waals surface area contributed by atoms with E-state index in [1.807, 2.05) is 40.8 Å². The lowest BCUT2D eigenvalue weighted by Crippen LogP contribution is -2.31. The maximum Gasteiger partial charge on any atom is 0.257 e. The highest BCUT2D eigenvalue weighted by molar-refractivity contribution is 5.96. The number of rotatable bonds is 5. The van der Waals surface area contributed by atoms with Crippen molar-refractivity contribution in [3.05, 3.63) is 59.4 Å². The SMILES string of the molecule is C=C(C)COc1ccccc1C(=O)N1CCCn2nc(C(C)O)cc2C1. The van der Waals surface area contributed by atoms with Gasteiger partial charge in [-0.25, -0.2) is 0 Å². The Morgan fingerprint density at radius 2 is 2.15 bits per heavy atom. The topological polar surface area (TPSA) is 67.6 Å². The van der Waals surface area contributed by atoms with Gasteiger partial charge in [-0.3, -0.25) is 9.48 Å². The molecule has 1 amide bonds. The molecule has 1 aromatic heterocycles. The molecule has 6 nitrogen and oxygen atoms in total. The Hall–Kier alpha value is -2.60. The van der Waals surface area contributed by atoms with Crippen LogP contribution >= 0.6 is 0 Å². The highest BCUT2D eigenvalue weighted by Crippen LogP contribution is 2.24. The number of aromatic nitrogens is 2. The zero-order valence-corrected chi connectivity index (χ0v) is 15.3. The molecule has 2 aromatic rings. The third-order valence-corrected chi connectivity index (χ3v) is 4.34. The summed E-state index contributed by atoms with van der Waals surface area (Å²) in [6.07, 6.45) is 0.198. The number of nitrogens with zero attached hydrogens (tertiary/aromatic N) is 3. The molecule has 0 saturated carbocycles. The summed E-state index contributed by atoms with van der Waals surface area (Å²) < 4.78 is 7.64. The minimum Gasteiger partial charge on any atom is -0.488 e. The van der Waals surface area contributed by atoms with Crippen molar-refractivity contribution in [3.63, 3.8) is 0 Å². The Bertz CT molecular complexity index is 810. The van der Waals surface area contributed by atoms with Crippen LogP contribution in [0.25, 0.3) is 0 Å². The largest absolute Gasteiger partial charge is 0.488 e. The molecule has 1 aliphatic heterocycles. The molecule has 1 N–H and O–H groups in total. The number of aliphatic hydroxyl groups excluding tert-OH is 1. The third kappa shape index (κ3) is 3.96. The highest BCUT2D eigenvalue weighted by atomic mass is 16.5. The zero-order chi connectivity index (χ0) is 18.7. The molecule has 0 saturated heterocycles. The van der Waals surface area contributed by atoms with E-state index in [0.717, 1.165) is 24.2 Å². The van der Waals surface area contributed by atoms with Crippen molar-refractivity contribution in [1.29, 1.82) is 0 Å². The van der Waals surface area contributed by atoms with E-state index in [2.05, 4.69) is 11.7 Å². The number of aryl methyl sites for hydroxylation is 1. The van der Waals surface area contributed by atoms with E-state index in [1.54, 1.807) is 13.0 Å². The van der Waals surface area contributed by atoms with E-state index in [0.29, 0.717) is 36.7 Å². The average Bonchev–Trinajstić information content (AvgIpc) is 2.92. The molecular formula is C20H25N3O3. The Morgan fingerprint density at radius 1 is 1.38 bits per heavy atom. The van der Waals surface area contributed by atoms with E-state index < -0.39 is 6.10 Å². The van der Waals surface area contributed by atoms with Gasteiger partial charge in [0.2, 0.25) is 0 Å². The van der Waals surface area contributed by atoms with Gasteiger partial charge >= 0.3 is 0 Å². The first kappa shape index (κ1) is 18.2. The second kappa shape index (κ2) is 7.74. The molecular weight excluding hydrogens is 330 g/mol. The Labute approximate surface area is 153 Å². The van der Waals surface area contributed by atoms with Gasteiger partial charge in [0.1, 0.15) is 12.4 Å². The van der Waals surface area contributed by atoms with Crippen molar-refractivity contribution < 1.29 is 14.6 Å². The normalized spacial score (nSPS) is 15.1. The zero-order valence-electron chi connectivity index (χ0n) is 15.3. The van der Waals surface area contributed by atoms with Crippen LogP contribution in [0, 0.1) is 0 Å². The lowest BCUT2D eigenvalue weighted by atomic mass is 10.1. The monoisotopic (exact) mass is 355 g/mol. The fourth-order valence-corrected chi connectivity index (χ4v) is 3.00. The number of carbonyl (C=O) groups is 1. The van der Waals surface area contributed by atoms with Gasteiger partial charge in [-0.2, -0.15) is 5.10 Å². The standard InChI is InChI=1S/C20H25N3O3/c1-14(2)13-26-19-8-5-4-7-17(19)20(25)22-9-6-10-23-16(12-22)11-18(21-23)15(3)24/h4-5,7-8,11,15,24H,1,6,9-10,12-13H2,2-3H3. The smallest absolute Gasteiger partial charge is 0.257 e. The maximum absolute atomic E-state index is 13.1. The van der Waals surface area contributed by atoms with Crippen molar-refractivity contribution in [1.82, 2.24) is 14.7 Å². The fourth-order valence-electron chi connectivity index (χ4n) is 3.00. The number of amides is 1. The summed E-state index contributed by atoms with van der Waals surface area (Å²) >= 11 is 0. The van der Waals surface area contributed by atoms with Crippen LogP contribution in [0.2, 0.25) is 0 Å². The van der Waals surface area contributed by atoms with Crippen molar-refractivity contribution in [2.24, 2.45) is 0 Å². The van der Waals surface area contributed by atoms with Gasteiger partial charge in [0.15, 0.2) is 0 Å². The summed E-state index contributed by atoms with van der Waals surface area (Å²) in [6.45, 7) is 9.66. The summed E-state index contributed by atoms with van der Waals surface area (Å²) in [6, 6.07) is 9.18. The first-order valence-corrected chi connectivity index (χ1v) is 8.86. The molecule has 0 aliphatic carbocycles. The number of carbonyl (C=O) groups excluding carboxylic acids is 1. The minimum absolute atomic E-state index is 0.0597. The van der Waals surface area contributed by atoms with E-state index in [-0.39, 0.29) is 5.91 Å². The van der Waals surface area contributed by atoms with Crippen LogP contribution in [-0.2, 0) is 13.1 Å². The van der Waals surface area contributed by atoms with E-state index >= 15 is 0 Å². The van der Waals surface area contributed by atoms with Gasteiger partial charge in [-0.05, 0) is 44.0 Å². The van der Waals surface area contributed by atoms with Gasteiger partial charge < -0.3 is 14.7 Å². The first-order valence-electron chi connectivity index (χ1n) is 8.86. The predicted molar refractivity (Wildman–Crippen MR) is 99.0 cm³/mol. The van der Waals surface area contributed by atoms with Crippen LogP contribution in [-0.4, -0.2) is 38.8 Å². The summed E-state index contributed by atoms with van der Waals surface area (Å²) in [5.41, 5.74) is 3.03. The molecule has 26 heavy (non-hydrogen) atoms. The van der Waals surface area contributed by atoms with Crippen LogP contribution in [0.5, 0.6) is 5.75 Å². The van der Waals surface area contributed by atoms with E-state index in [4.69, 9.17) is 4.74 Å². The van der Waals surface area contributed by atoms with E-state index in [9.17, 15) is 9.90 Å². The summed E-state index contributed by atoms with van der Waals surface area (Å²) in [5, 5.41) is 14.2. The molecule has 0 bridgehead atoms. The molecule has 138 valence electrons. The Kier molecular flexibility index (Phi) is 5.42. The van der Waals surface area contributed by atoms with Crippen molar-refractivity contribution >= 4 is 5.91 Å². The number of hydrogen-bond acceptors (Lipinski definition) is 4. The molecule has 0 fully saturated rings. The quantitative estimate of drug-likeness (QED) is 0.838. The summed E-state index contributed by atoms with van der Waals surface area (Å²) in [4.78, 5) is 14.9. The van der Waals surface area contributed by atoms with Crippen LogP contribution in [0.1, 0.15) is 48.1 Å². The molecule has 3 rings (SSSR count). The van der Waals surface area contributed by atoms with Gasteiger partial charge in [-0.15, -0.1) is 0 Å². The van der Waals surface area contributed by atoms with Crippen LogP contribution < -0.4 is 4.74 Å². The van der Waals surface area contributed by atoms with Crippen molar-refractivity contribution in [3.8, 4) is 5.75 Å². The van der Waals surface area contributed by atoms with Crippen LogP contribution in [0.15, 0.2) is 42.5 Å². The van der Waals surface area contributed by atoms with Crippen LogP contribution in [0.4, 0.5) is 0 Å². The summed E-state index contributed by atoms with van der Waals surface area (Å²) in [5.74, 6) is 0.512.